The fraction of sp³-hybridized carbons (Fsp3) is 0.364. The van der Waals surface area contributed by atoms with Crippen LogP contribution in [0.1, 0.15) is 23.7 Å². The summed E-state index contributed by atoms with van der Waals surface area (Å²) in [4.78, 5) is 11.4. The summed E-state index contributed by atoms with van der Waals surface area (Å²) in [5.74, 6) is 0.969. The largest absolute Gasteiger partial charge is 0.490 e. The van der Waals surface area contributed by atoms with Gasteiger partial charge in [-0.15, -0.1) is 0 Å². The highest BCUT2D eigenvalue weighted by Gasteiger charge is 2.20. The number of Topliss-reactive ketones (excluding diaryl/α,β-unsaturated/α-hetero) is 1. The second-order valence-electron chi connectivity index (χ2n) is 3.36. The van der Waals surface area contributed by atoms with Crippen LogP contribution in [0.5, 0.6) is 11.5 Å². The maximum Gasteiger partial charge on any atom is 0.173 e. The number of hydrogen-bond donors (Lipinski definition) is 0. The lowest BCUT2D eigenvalue weighted by Crippen LogP contribution is -2.02. The van der Waals surface area contributed by atoms with Crippen LogP contribution in [0, 0.1) is 0 Å². The fourth-order valence-electron chi connectivity index (χ4n) is 1.54. The number of ether oxygens (including phenoxy) is 2. The molecule has 0 amide bonds. The Hall–Kier alpha value is -1.22. The van der Waals surface area contributed by atoms with Crippen LogP contribution in [0.3, 0.4) is 0 Å². The number of carbonyl (C=O) groups is 1. The van der Waals surface area contributed by atoms with Crippen LogP contribution in [0.25, 0.3) is 0 Å². The Bertz CT molecular complexity index is 401. The van der Waals surface area contributed by atoms with Crippen molar-refractivity contribution in [2.24, 2.45) is 0 Å². The molecule has 0 spiro atoms. The maximum absolute atomic E-state index is 11.4. The first-order chi connectivity index (χ1) is 7.20. The molecule has 3 nitrogen and oxygen atoms in total. The topological polar surface area (TPSA) is 35.5 Å². The van der Waals surface area contributed by atoms with E-state index < -0.39 is 0 Å². The van der Waals surface area contributed by atoms with Gasteiger partial charge in [-0.2, -0.15) is 0 Å². The van der Waals surface area contributed by atoms with Gasteiger partial charge in [0.1, 0.15) is 0 Å². The molecule has 80 valence electrons. The van der Waals surface area contributed by atoms with Crippen molar-refractivity contribution < 1.29 is 14.3 Å². The molecule has 0 unspecified atom stereocenters. The number of halogens is 1. The summed E-state index contributed by atoms with van der Waals surface area (Å²) in [5.41, 5.74) is 0.413. The smallest absolute Gasteiger partial charge is 0.173 e. The minimum Gasteiger partial charge on any atom is -0.490 e. The second kappa shape index (κ2) is 4.11. The van der Waals surface area contributed by atoms with E-state index >= 15 is 0 Å². The quantitative estimate of drug-likeness (QED) is 0.691. The third-order valence-electron chi connectivity index (χ3n) is 2.22. The molecule has 0 bridgehead atoms. The normalized spacial score (nSPS) is 14.5. The molecule has 0 saturated carbocycles. The van der Waals surface area contributed by atoms with Gasteiger partial charge in [-0.25, -0.2) is 0 Å². The van der Waals surface area contributed by atoms with Gasteiger partial charge in [0.25, 0.3) is 0 Å². The van der Waals surface area contributed by atoms with Crippen LogP contribution < -0.4 is 9.47 Å². The maximum atomic E-state index is 11.4. The zero-order chi connectivity index (χ0) is 10.8. The van der Waals surface area contributed by atoms with Gasteiger partial charge in [0.15, 0.2) is 17.3 Å². The average molecular weight is 227 g/mol. The molecule has 1 aliphatic rings. The molecule has 0 fully saturated rings. The van der Waals surface area contributed by atoms with Crippen LogP contribution >= 0.6 is 11.6 Å². The highest BCUT2D eigenvalue weighted by atomic mass is 35.5. The van der Waals surface area contributed by atoms with Crippen molar-refractivity contribution in [3.63, 3.8) is 0 Å². The number of hydrogen-bond acceptors (Lipinski definition) is 3. The molecule has 15 heavy (non-hydrogen) atoms. The van der Waals surface area contributed by atoms with Gasteiger partial charge in [-0.05, 0) is 19.1 Å². The Morgan fingerprint density at radius 2 is 2.07 bits per heavy atom. The third kappa shape index (κ3) is 1.92. The molecule has 1 aliphatic heterocycles. The Morgan fingerprint density at radius 3 is 2.80 bits per heavy atom. The first-order valence-corrected chi connectivity index (χ1v) is 5.17. The number of ketones is 1. The Balaban J connectivity index is 2.56. The van der Waals surface area contributed by atoms with Gasteiger partial charge >= 0.3 is 0 Å². The Morgan fingerprint density at radius 1 is 1.33 bits per heavy atom. The lowest BCUT2D eigenvalue weighted by atomic mass is 10.1. The van der Waals surface area contributed by atoms with Crippen molar-refractivity contribution in [3.05, 3.63) is 22.7 Å². The van der Waals surface area contributed by atoms with Crippen molar-refractivity contribution in [3.8, 4) is 11.5 Å². The molecule has 0 atom stereocenters. The first kappa shape index (κ1) is 10.3. The molecular formula is C11H11ClO3. The van der Waals surface area contributed by atoms with Crippen molar-refractivity contribution >= 4 is 17.4 Å². The van der Waals surface area contributed by atoms with Crippen LogP contribution in [-0.2, 0) is 0 Å². The number of rotatable bonds is 1. The van der Waals surface area contributed by atoms with E-state index in [1.807, 2.05) is 0 Å². The molecule has 1 aromatic rings. The monoisotopic (exact) mass is 226 g/mol. The van der Waals surface area contributed by atoms with Crippen molar-refractivity contribution in [1.82, 2.24) is 0 Å². The van der Waals surface area contributed by atoms with Gasteiger partial charge in [-0.1, -0.05) is 11.6 Å². The number of benzene rings is 1. The summed E-state index contributed by atoms with van der Waals surface area (Å²) in [6.07, 6.45) is 0.809. The standard InChI is InChI=1S/C11H11ClO3/c1-7(13)10-8(12)3-4-9-11(10)15-6-2-5-14-9/h3-4H,2,5-6H2,1H3. The van der Waals surface area contributed by atoms with Crippen molar-refractivity contribution in [1.29, 1.82) is 0 Å². The SMILES string of the molecule is CC(=O)c1c(Cl)ccc2c1OCCCO2. The van der Waals surface area contributed by atoms with Gasteiger partial charge in [0.05, 0.1) is 23.8 Å². The highest BCUT2D eigenvalue weighted by molar-refractivity contribution is 6.34. The summed E-state index contributed by atoms with van der Waals surface area (Å²) >= 11 is 5.95. The van der Waals surface area contributed by atoms with E-state index in [0.29, 0.717) is 35.3 Å². The summed E-state index contributed by atoms with van der Waals surface area (Å²) in [6.45, 7) is 2.62. The van der Waals surface area contributed by atoms with E-state index in [0.717, 1.165) is 6.42 Å². The predicted molar refractivity (Wildman–Crippen MR) is 57.1 cm³/mol. The third-order valence-corrected chi connectivity index (χ3v) is 2.53. The van der Waals surface area contributed by atoms with Crippen molar-refractivity contribution in [2.75, 3.05) is 13.2 Å². The Kier molecular flexibility index (Phi) is 2.82. The van der Waals surface area contributed by atoms with Gasteiger partial charge in [0, 0.05) is 6.42 Å². The van der Waals surface area contributed by atoms with Gasteiger partial charge in [0.2, 0.25) is 0 Å². The number of fused-ring (bicyclic) bond motifs is 1. The van der Waals surface area contributed by atoms with Gasteiger partial charge in [-0.3, -0.25) is 4.79 Å². The minimum atomic E-state index is -0.109. The van der Waals surface area contributed by atoms with E-state index in [9.17, 15) is 4.79 Å². The molecule has 4 heteroatoms. The van der Waals surface area contributed by atoms with E-state index in [4.69, 9.17) is 21.1 Å². The summed E-state index contributed by atoms with van der Waals surface area (Å²) in [5, 5.41) is 0.409. The van der Waals surface area contributed by atoms with Crippen LogP contribution in [0.4, 0.5) is 0 Å². The van der Waals surface area contributed by atoms with E-state index in [1.54, 1.807) is 12.1 Å². The van der Waals surface area contributed by atoms with E-state index in [2.05, 4.69) is 0 Å². The molecule has 0 saturated heterocycles. The lowest BCUT2D eigenvalue weighted by Gasteiger charge is -2.11. The zero-order valence-corrected chi connectivity index (χ0v) is 9.13. The lowest BCUT2D eigenvalue weighted by molar-refractivity contribution is 0.101. The molecule has 0 aliphatic carbocycles. The van der Waals surface area contributed by atoms with Crippen LogP contribution in [-0.4, -0.2) is 19.0 Å². The number of carbonyl (C=O) groups excluding carboxylic acids is 1. The first-order valence-electron chi connectivity index (χ1n) is 4.79. The average Bonchev–Trinajstić information content (AvgIpc) is 2.41. The molecule has 0 aromatic heterocycles. The Labute approximate surface area is 92.9 Å². The highest BCUT2D eigenvalue weighted by Crippen LogP contribution is 2.37. The molecule has 1 aromatic carbocycles. The van der Waals surface area contributed by atoms with Crippen molar-refractivity contribution in [2.45, 2.75) is 13.3 Å². The predicted octanol–water partition coefficient (Wildman–Crippen LogP) is 2.70. The van der Waals surface area contributed by atoms with E-state index in [1.165, 1.54) is 6.92 Å². The second-order valence-corrected chi connectivity index (χ2v) is 3.76. The molecular weight excluding hydrogens is 216 g/mol. The molecule has 1 heterocycles. The van der Waals surface area contributed by atoms with Crippen LogP contribution in [0.15, 0.2) is 12.1 Å². The van der Waals surface area contributed by atoms with E-state index in [-0.39, 0.29) is 5.78 Å². The fourth-order valence-corrected chi connectivity index (χ4v) is 1.82. The summed E-state index contributed by atoms with van der Waals surface area (Å²) in [7, 11) is 0. The molecule has 0 radical (unpaired) electrons. The summed E-state index contributed by atoms with van der Waals surface area (Å²) in [6, 6.07) is 3.39. The van der Waals surface area contributed by atoms with Gasteiger partial charge < -0.3 is 9.47 Å². The minimum absolute atomic E-state index is 0.109. The molecule has 0 N–H and O–H groups in total. The van der Waals surface area contributed by atoms with Crippen LogP contribution in [0.2, 0.25) is 5.02 Å². The summed E-state index contributed by atoms with van der Waals surface area (Å²) < 4.78 is 10.9. The zero-order valence-electron chi connectivity index (χ0n) is 8.38. The molecule has 2 rings (SSSR count).